The molecule has 0 spiro atoms. The quantitative estimate of drug-likeness (QED) is 0.446. The maximum atomic E-state index is 5.34. The minimum absolute atomic E-state index is 0.566. The van der Waals surface area contributed by atoms with E-state index in [1.165, 1.54) is 0 Å². The predicted octanol–water partition coefficient (Wildman–Crippen LogP) is 1.73. The molecular weight excluding hydrogens is 152 g/mol. The second-order valence-electron chi connectivity index (χ2n) is 2.59. The Hall–Kier alpha value is -0.380. The van der Waals surface area contributed by atoms with Crippen molar-refractivity contribution in [3.63, 3.8) is 0 Å². The Morgan fingerprint density at radius 2 is 2.17 bits per heavy atom. The van der Waals surface area contributed by atoms with Crippen molar-refractivity contribution in [3.05, 3.63) is 12.7 Å². The zero-order valence-electron chi connectivity index (χ0n) is 8.18. The van der Waals surface area contributed by atoms with Gasteiger partial charge in [-0.1, -0.05) is 19.9 Å². The lowest BCUT2D eigenvalue weighted by Crippen LogP contribution is -2.39. The van der Waals surface area contributed by atoms with Gasteiger partial charge in [0.25, 0.3) is 0 Å². The summed E-state index contributed by atoms with van der Waals surface area (Å²) < 4.78 is 0. The minimum atomic E-state index is 0.566. The van der Waals surface area contributed by atoms with Gasteiger partial charge in [-0.05, 0) is 12.8 Å². The minimum Gasteiger partial charge on any atom is -0.280 e. The van der Waals surface area contributed by atoms with Crippen LogP contribution in [-0.4, -0.2) is 24.9 Å². The van der Waals surface area contributed by atoms with Gasteiger partial charge < -0.3 is 0 Å². The van der Waals surface area contributed by atoms with E-state index in [1.807, 2.05) is 0 Å². The normalized spacial score (nSPS) is 10.6. The standard InChI is InChI=1S/C9H20N2O/c1-4-7-10-11(8-5-2)12-9-6-3/h6,10H,3-5,7-9H2,1-2H3. The third-order valence-corrected chi connectivity index (χ3v) is 1.31. The van der Waals surface area contributed by atoms with Crippen molar-refractivity contribution in [2.45, 2.75) is 26.7 Å². The fourth-order valence-electron chi connectivity index (χ4n) is 0.772. The molecule has 0 saturated carbocycles. The fourth-order valence-corrected chi connectivity index (χ4v) is 0.772. The molecular formula is C9H20N2O. The number of hydrogen-bond donors (Lipinski definition) is 1. The van der Waals surface area contributed by atoms with E-state index in [0.717, 1.165) is 25.9 Å². The van der Waals surface area contributed by atoms with Crippen molar-refractivity contribution in [2.24, 2.45) is 0 Å². The second-order valence-corrected chi connectivity index (χ2v) is 2.59. The summed E-state index contributed by atoms with van der Waals surface area (Å²) in [6.07, 6.45) is 3.93. The monoisotopic (exact) mass is 172 g/mol. The summed E-state index contributed by atoms with van der Waals surface area (Å²) in [7, 11) is 0. The molecule has 0 amide bonds. The number of rotatable bonds is 8. The van der Waals surface area contributed by atoms with Crippen LogP contribution in [0.2, 0.25) is 0 Å². The third kappa shape index (κ3) is 6.34. The molecule has 0 radical (unpaired) electrons. The van der Waals surface area contributed by atoms with Gasteiger partial charge in [0, 0.05) is 13.1 Å². The van der Waals surface area contributed by atoms with E-state index < -0.39 is 0 Å². The maximum Gasteiger partial charge on any atom is 0.0880 e. The van der Waals surface area contributed by atoms with Crippen LogP contribution in [0.15, 0.2) is 12.7 Å². The van der Waals surface area contributed by atoms with Gasteiger partial charge in [-0.25, -0.2) is 5.43 Å². The van der Waals surface area contributed by atoms with Crippen LogP contribution in [0.1, 0.15) is 26.7 Å². The van der Waals surface area contributed by atoms with E-state index >= 15 is 0 Å². The molecule has 12 heavy (non-hydrogen) atoms. The van der Waals surface area contributed by atoms with Crippen molar-refractivity contribution >= 4 is 0 Å². The molecule has 0 aromatic heterocycles. The van der Waals surface area contributed by atoms with Crippen molar-refractivity contribution in [1.82, 2.24) is 10.6 Å². The highest BCUT2D eigenvalue weighted by molar-refractivity contribution is 4.63. The summed E-state index contributed by atoms with van der Waals surface area (Å²) in [6.45, 7) is 10.3. The molecule has 0 aromatic carbocycles. The first kappa shape index (κ1) is 11.6. The van der Waals surface area contributed by atoms with Crippen molar-refractivity contribution in [3.8, 4) is 0 Å². The number of hydrazine groups is 1. The molecule has 0 aromatic rings. The molecule has 0 aliphatic rings. The second kappa shape index (κ2) is 8.71. The van der Waals surface area contributed by atoms with Gasteiger partial charge in [0.15, 0.2) is 0 Å². The van der Waals surface area contributed by atoms with E-state index in [-0.39, 0.29) is 0 Å². The van der Waals surface area contributed by atoms with Gasteiger partial charge in [0.1, 0.15) is 0 Å². The molecule has 72 valence electrons. The first-order valence-corrected chi connectivity index (χ1v) is 4.60. The summed E-state index contributed by atoms with van der Waals surface area (Å²) in [5, 5.41) is 1.78. The Balaban J connectivity index is 3.46. The average Bonchev–Trinajstić information content (AvgIpc) is 2.10. The first-order chi connectivity index (χ1) is 5.85. The molecule has 1 N–H and O–H groups in total. The number of hydrogen-bond acceptors (Lipinski definition) is 3. The van der Waals surface area contributed by atoms with E-state index in [1.54, 1.807) is 11.2 Å². The molecule has 0 rings (SSSR count). The first-order valence-electron chi connectivity index (χ1n) is 4.60. The van der Waals surface area contributed by atoms with Crippen LogP contribution >= 0.6 is 0 Å². The third-order valence-electron chi connectivity index (χ3n) is 1.31. The van der Waals surface area contributed by atoms with Crippen LogP contribution in [0.4, 0.5) is 0 Å². The van der Waals surface area contributed by atoms with Crippen molar-refractivity contribution in [2.75, 3.05) is 19.7 Å². The van der Waals surface area contributed by atoms with Crippen LogP contribution in [0.3, 0.4) is 0 Å². The highest BCUT2D eigenvalue weighted by Gasteiger charge is 1.99. The largest absolute Gasteiger partial charge is 0.280 e. The Labute approximate surface area is 75.3 Å². The molecule has 0 atom stereocenters. The molecule has 0 aliphatic heterocycles. The topological polar surface area (TPSA) is 24.5 Å². The van der Waals surface area contributed by atoms with Gasteiger partial charge in [-0.15, -0.1) is 11.8 Å². The predicted molar refractivity (Wildman–Crippen MR) is 51.4 cm³/mol. The molecule has 0 saturated heterocycles. The van der Waals surface area contributed by atoms with Crippen molar-refractivity contribution in [1.29, 1.82) is 0 Å². The molecule has 0 unspecified atom stereocenters. The summed E-state index contributed by atoms with van der Waals surface area (Å²) in [6, 6.07) is 0. The lowest BCUT2D eigenvalue weighted by molar-refractivity contribution is -0.186. The maximum absolute atomic E-state index is 5.34. The zero-order chi connectivity index (χ0) is 9.23. The summed E-state index contributed by atoms with van der Waals surface area (Å²) >= 11 is 0. The van der Waals surface area contributed by atoms with Gasteiger partial charge in [0.2, 0.25) is 0 Å². The highest BCUT2D eigenvalue weighted by atomic mass is 16.7. The van der Waals surface area contributed by atoms with Crippen LogP contribution in [0.25, 0.3) is 0 Å². The Morgan fingerprint density at radius 3 is 2.67 bits per heavy atom. The number of hydroxylamine groups is 1. The van der Waals surface area contributed by atoms with E-state index in [0.29, 0.717) is 6.61 Å². The molecule has 0 fully saturated rings. The van der Waals surface area contributed by atoms with E-state index in [9.17, 15) is 0 Å². The number of nitrogens with one attached hydrogen (secondary N) is 1. The van der Waals surface area contributed by atoms with E-state index in [2.05, 4.69) is 25.9 Å². The average molecular weight is 172 g/mol. The fraction of sp³-hybridized carbons (Fsp3) is 0.778. The van der Waals surface area contributed by atoms with Gasteiger partial charge in [-0.2, -0.15) is 0 Å². The molecule has 3 nitrogen and oxygen atoms in total. The van der Waals surface area contributed by atoms with Gasteiger partial charge in [-0.3, -0.25) is 4.84 Å². The van der Waals surface area contributed by atoms with Crippen LogP contribution in [-0.2, 0) is 4.84 Å². The Morgan fingerprint density at radius 1 is 1.42 bits per heavy atom. The highest BCUT2D eigenvalue weighted by Crippen LogP contribution is 1.89. The Kier molecular flexibility index (Phi) is 8.44. The van der Waals surface area contributed by atoms with Crippen LogP contribution < -0.4 is 5.43 Å². The van der Waals surface area contributed by atoms with Gasteiger partial charge in [0.05, 0.1) is 6.61 Å². The SMILES string of the molecule is C=CCON(CCC)NCCC. The molecule has 3 heteroatoms. The van der Waals surface area contributed by atoms with E-state index in [4.69, 9.17) is 4.84 Å². The molecule has 0 aliphatic carbocycles. The Bertz CT molecular complexity index is 107. The summed E-state index contributed by atoms with van der Waals surface area (Å²) in [4.78, 5) is 5.34. The lowest BCUT2D eigenvalue weighted by atomic mass is 10.5. The van der Waals surface area contributed by atoms with Crippen LogP contribution in [0, 0.1) is 0 Å². The number of nitrogens with zero attached hydrogens (tertiary/aromatic N) is 1. The van der Waals surface area contributed by atoms with Gasteiger partial charge >= 0.3 is 0 Å². The lowest BCUT2D eigenvalue weighted by Gasteiger charge is -2.20. The zero-order valence-corrected chi connectivity index (χ0v) is 8.18. The van der Waals surface area contributed by atoms with Crippen molar-refractivity contribution < 1.29 is 4.84 Å². The van der Waals surface area contributed by atoms with Crippen LogP contribution in [0.5, 0.6) is 0 Å². The summed E-state index contributed by atoms with van der Waals surface area (Å²) in [5.41, 5.74) is 3.17. The smallest absolute Gasteiger partial charge is 0.0880 e. The molecule has 0 heterocycles. The summed E-state index contributed by atoms with van der Waals surface area (Å²) in [5.74, 6) is 0. The molecule has 0 bridgehead atoms.